The number of nitrogens with zero attached hydrogens (tertiary/aromatic N) is 4. The van der Waals surface area contributed by atoms with E-state index in [2.05, 4.69) is 20.6 Å². The van der Waals surface area contributed by atoms with Gasteiger partial charge in [-0.1, -0.05) is 6.07 Å². The van der Waals surface area contributed by atoms with Crippen LogP contribution >= 0.6 is 0 Å². The molecule has 0 unspecified atom stereocenters. The number of methoxy groups -OCH3 is 2. The summed E-state index contributed by atoms with van der Waals surface area (Å²) in [6.07, 6.45) is 0. The highest BCUT2D eigenvalue weighted by molar-refractivity contribution is 5.83. The minimum Gasteiger partial charge on any atom is -0.493 e. The molecule has 9 nitrogen and oxygen atoms in total. The average molecular weight is 345 g/mol. The molecule has 25 heavy (non-hydrogen) atoms. The molecule has 0 saturated heterocycles. The highest BCUT2D eigenvalue weighted by Gasteiger charge is 2.22. The monoisotopic (exact) mass is 345 g/mol. The van der Waals surface area contributed by atoms with Gasteiger partial charge in [-0.05, 0) is 28.1 Å². The van der Waals surface area contributed by atoms with Gasteiger partial charge in [-0.3, -0.25) is 10.1 Å². The lowest BCUT2D eigenvalue weighted by molar-refractivity contribution is -0.385. The number of hydrogen-bond acceptors (Lipinski definition) is 7. The second kappa shape index (κ2) is 6.51. The molecule has 0 fully saturated rings. The van der Waals surface area contributed by atoms with Crippen LogP contribution in [-0.4, -0.2) is 39.8 Å². The Hall–Kier alpha value is -3.56. The molecule has 0 bridgehead atoms. The molecule has 1 N–H and O–H groups in total. The molecule has 0 aliphatic carbocycles. The van der Waals surface area contributed by atoms with Crippen molar-refractivity contribution in [3.05, 3.63) is 46.3 Å². The average Bonchev–Trinajstić information content (AvgIpc) is 3.14. The summed E-state index contributed by atoms with van der Waals surface area (Å²) in [7, 11) is 2.94. The summed E-state index contributed by atoms with van der Waals surface area (Å²) in [5.41, 5.74) is 0.276. The number of aromatic nitrogens is 4. The van der Waals surface area contributed by atoms with E-state index in [1.54, 1.807) is 18.2 Å². The van der Waals surface area contributed by atoms with Crippen LogP contribution in [0.25, 0.3) is 22.5 Å². The molecule has 0 aliphatic rings. The Balaban J connectivity index is 2.27. The van der Waals surface area contributed by atoms with Crippen molar-refractivity contribution >= 4 is 5.69 Å². The summed E-state index contributed by atoms with van der Waals surface area (Å²) in [5, 5.41) is 24.1. The zero-order valence-electron chi connectivity index (χ0n) is 13.2. The van der Waals surface area contributed by atoms with Crippen molar-refractivity contribution in [1.82, 2.24) is 20.6 Å². The highest BCUT2D eigenvalue weighted by atomic mass is 19.1. The zero-order chi connectivity index (χ0) is 18.0. The lowest BCUT2D eigenvalue weighted by Crippen LogP contribution is -1.97. The van der Waals surface area contributed by atoms with Gasteiger partial charge in [0.1, 0.15) is 5.82 Å². The van der Waals surface area contributed by atoms with Gasteiger partial charge in [0.2, 0.25) is 0 Å². The number of aromatic amines is 1. The van der Waals surface area contributed by atoms with E-state index < -0.39 is 16.4 Å². The Morgan fingerprint density at radius 2 is 1.92 bits per heavy atom. The van der Waals surface area contributed by atoms with Crippen molar-refractivity contribution in [2.24, 2.45) is 0 Å². The van der Waals surface area contributed by atoms with Gasteiger partial charge in [-0.15, -0.1) is 5.10 Å². The SMILES string of the molecule is COc1ccc(-c2c(F)cc([N+](=O)[O-])cc2-c2nnn[nH]2)cc1OC. The molecule has 0 radical (unpaired) electrons. The number of nitro groups is 1. The number of ether oxygens (including phenoxy) is 2. The molecule has 0 amide bonds. The van der Waals surface area contributed by atoms with Crippen LogP contribution in [0.3, 0.4) is 0 Å². The van der Waals surface area contributed by atoms with Crippen LogP contribution in [0.2, 0.25) is 0 Å². The van der Waals surface area contributed by atoms with Crippen molar-refractivity contribution < 1.29 is 18.8 Å². The van der Waals surface area contributed by atoms with Crippen LogP contribution in [-0.2, 0) is 0 Å². The Morgan fingerprint density at radius 1 is 1.16 bits per heavy atom. The van der Waals surface area contributed by atoms with Crippen molar-refractivity contribution in [3.63, 3.8) is 0 Å². The predicted molar refractivity (Wildman–Crippen MR) is 84.8 cm³/mol. The van der Waals surface area contributed by atoms with Gasteiger partial charge in [0, 0.05) is 17.2 Å². The molecule has 10 heteroatoms. The topological polar surface area (TPSA) is 116 Å². The van der Waals surface area contributed by atoms with E-state index in [4.69, 9.17) is 9.47 Å². The molecular weight excluding hydrogens is 333 g/mol. The van der Waals surface area contributed by atoms with E-state index in [9.17, 15) is 14.5 Å². The molecule has 0 saturated carbocycles. The van der Waals surface area contributed by atoms with Gasteiger partial charge in [0.05, 0.1) is 25.2 Å². The molecule has 1 heterocycles. The lowest BCUT2D eigenvalue weighted by Gasteiger charge is -2.12. The normalized spacial score (nSPS) is 10.5. The van der Waals surface area contributed by atoms with Crippen molar-refractivity contribution in [2.75, 3.05) is 14.2 Å². The van der Waals surface area contributed by atoms with Gasteiger partial charge >= 0.3 is 0 Å². The molecule has 0 aliphatic heterocycles. The summed E-state index contributed by atoms with van der Waals surface area (Å²) in [4.78, 5) is 10.4. The Kier molecular flexibility index (Phi) is 4.25. The minimum atomic E-state index is -0.784. The molecule has 0 spiro atoms. The van der Waals surface area contributed by atoms with Gasteiger partial charge in [0.15, 0.2) is 17.3 Å². The quantitative estimate of drug-likeness (QED) is 0.558. The Labute approximate surface area is 140 Å². The number of nitro benzene ring substituents is 1. The zero-order valence-corrected chi connectivity index (χ0v) is 13.2. The number of benzene rings is 2. The number of rotatable bonds is 5. The third kappa shape index (κ3) is 2.96. The Morgan fingerprint density at radius 3 is 2.52 bits per heavy atom. The molecule has 3 rings (SSSR count). The van der Waals surface area contributed by atoms with Crippen LogP contribution < -0.4 is 9.47 Å². The fraction of sp³-hybridized carbons (Fsp3) is 0.133. The summed E-state index contributed by atoms with van der Waals surface area (Å²) >= 11 is 0. The van der Waals surface area contributed by atoms with E-state index in [0.29, 0.717) is 17.1 Å². The Bertz CT molecular complexity index is 930. The summed E-state index contributed by atoms with van der Waals surface area (Å²) in [6.45, 7) is 0. The van der Waals surface area contributed by atoms with Crippen LogP contribution in [0.4, 0.5) is 10.1 Å². The molecular formula is C15H12FN5O4. The maximum absolute atomic E-state index is 14.7. The fourth-order valence-corrected chi connectivity index (χ4v) is 2.44. The first-order valence-corrected chi connectivity index (χ1v) is 6.99. The number of non-ortho nitro benzene ring substituents is 1. The van der Waals surface area contributed by atoms with Gasteiger partial charge < -0.3 is 9.47 Å². The first kappa shape index (κ1) is 16.3. The molecule has 128 valence electrons. The first-order chi connectivity index (χ1) is 12.0. The molecule has 0 atom stereocenters. The highest BCUT2D eigenvalue weighted by Crippen LogP contribution is 2.39. The second-order valence-corrected chi connectivity index (χ2v) is 4.93. The smallest absolute Gasteiger partial charge is 0.273 e. The minimum absolute atomic E-state index is 0.102. The van der Waals surface area contributed by atoms with Crippen LogP contribution in [0, 0.1) is 15.9 Å². The largest absolute Gasteiger partial charge is 0.493 e. The van der Waals surface area contributed by atoms with Crippen molar-refractivity contribution in [3.8, 4) is 34.0 Å². The number of nitrogens with one attached hydrogen (secondary N) is 1. The van der Waals surface area contributed by atoms with E-state index in [1.165, 1.54) is 20.3 Å². The number of halogens is 1. The fourth-order valence-electron chi connectivity index (χ4n) is 2.44. The summed E-state index contributed by atoms with van der Waals surface area (Å²) in [6, 6.07) is 6.84. The molecule has 1 aromatic heterocycles. The number of tetrazole rings is 1. The molecule has 3 aromatic rings. The van der Waals surface area contributed by atoms with Crippen LogP contribution in [0.15, 0.2) is 30.3 Å². The van der Waals surface area contributed by atoms with E-state index >= 15 is 0 Å². The van der Waals surface area contributed by atoms with Gasteiger partial charge in [-0.25, -0.2) is 9.49 Å². The van der Waals surface area contributed by atoms with Crippen molar-refractivity contribution in [1.29, 1.82) is 0 Å². The standard InChI is InChI=1S/C15H12FN5O4/c1-24-12-4-3-8(5-13(12)25-2)14-10(15-17-19-20-18-15)6-9(21(22)23)7-11(14)16/h3-7H,1-2H3,(H,17,18,19,20). The summed E-state index contributed by atoms with van der Waals surface area (Å²) in [5.74, 6) is 0.177. The van der Waals surface area contributed by atoms with E-state index in [-0.39, 0.29) is 17.0 Å². The van der Waals surface area contributed by atoms with E-state index in [1.807, 2.05) is 0 Å². The van der Waals surface area contributed by atoms with Crippen LogP contribution in [0.1, 0.15) is 0 Å². The van der Waals surface area contributed by atoms with Gasteiger partial charge in [0.25, 0.3) is 5.69 Å². The number of hydrogen-bond donors (Lipinski definition) is 1. The molecule has 2 aromatic carbocycles. The van der Waals surface area contributed by atoms with Crippen LogP contribution in [0.5, 0.6) is 11.5 Å². The maximum atomic E-state index is 14.7. The third-order valence-electron chi connectivity index (χ3n) is 3.56. The maximum Gasteiger partial charge on any atom is 0.273 e. The number of H-pyrrole nitrogens is 1. The summed E-state index contributed by atoms with van der Waals surface area (Å²) < 4.78 is 25.1. The second-order valence-electron chi connectivity index (χ2n) is 4.93. The third-order valence-corrected chi connectivity index (χ3v) is 3.56. The first-order valence-electron chi connectivity index (χ1n) is 6.99. The van der Waals surface area contributed by atoms with Crippen molar-refractivity contribution in [2.45, 2.75) is 0 Å². The van der Waals surface area contributed by atoms with Gasteiger partial charge in [-0.2, -0.15) is 0 Å². The lowest BCUT2D eigenvalue weighted by atomic mass is 9.97. The van der Waals surface area contributed by atoms with E-state index in [0.717, 1.165) is 6.07 Å². The predicted octanol–water partition coefficient (Wildman–Crippen LogP) is 2.60.